The van der Waals surface area contributed by atoms with Crippen molar-refractivity contribution >= 4 is 16.8 Å². The zero-order valence-electron chi connectivity index (χ0n) is 18.3. The number of aromatic amines is 1. The second kappa shape index (κ2) is 8.31. The van der Waals surface area contributed by atoms with Gasteiger partial charge in [-0.15, -0.1) is 10.2 Å². The topological polar surface area (TPSA) is 124 Å². The Morgan fingerprint density at radius 2 is 1.94 bits per heavy atom. The van der Waals surface area contributed by atoms with E-state index in [0.29, 0.717) is 17.2 Å². The van der Waals surface area contributed by atoms with Crippen LogP contribution < -0.4 is 5.73 Å². The first-order chi connectivity index (χ1) is 14.9. The van der Waals surface area contributed by atoms with Gasteiger partial charge in [0.25, 0.3) is 0 Å². The molecule has 0 saturated heterocycles. The summed E-state index contributed by atoms with van der Waals surface area (Å²) in [5.41, 5.74) is 9.38. The Labute approximate surface area is 180 Å². The number of nitrogens with two attached hydrogens (primary N) is 1. The van der Waals surface area contributed by atoms with Gasteiger partial charge < -0.3 is 15.6 Å². The van der Waals surface area contributed by atoms with Gasteiger partial charge in [-0.05, 0) is 59.1 Å². The van der Waals surface area contributed by atoms with E-state index in [1.807, 2.05) is 43.4 Å². The molecule has 1 aromatic carbocycles. The van der Waals surface area contributed by atoms with Crippen LogP contribution in [0, 0.1) is 6.92 Å². The standard InChI is InChI=1S/C21H27N9O/c1-5-29-18(9-13(2)27-29)21-24-20(25-26-21)15-10-14(19(22)31)11-17-16(15)12-23-30(17)8-6-7-28(3)4/h9-12H,5-8H2,1-4H3,(H2,22,31)(H,24,25,26). The fourth-order valence-corrected chi connectivity index (χ4v) is 3.71. The number of carbonyl (C=O) groups excluding carboxylic acids is 1. The summed E-state index contributed by atoms with van der Waals surface area (Å²) in [4.78, 5) is 17.4. The molecule has 162 valence electrons. The number of benzene rings is 1. The molecule has 0 unspecified atom stereocenters. The van der Waals surface area contributed by atoms with Gasteiger partial charge in [-0.3, -0.25) is 14.2 Å². The van der Waals surface area contributed by atoms with Gasteiger partial charge >= 0.3 is 0 Å². The van der Waals surface area contributed by atoms with Crippen molar-refractivity contribution in [2.24, 2.45) is 5.73 Å². The molecule has 31 heavy (non-hydrogen) atoms. The minimum Gasteiger partial charge on any atom is -0.366 e. The fourth-order valence-electron chi connectivity index (χ4n) is 3.71. The lowest BCUT2D eigenvalue weighted by Gasteiger charge is -2.10. The Bertz CT molecular complexity index is 1230. The molecule has 1 amide bonds. The number of aromatic nitrogens is 7. The first-order valence-corrected chi connectivity index (χ1v) is 10.3. The quantitative estimate of drug-likeness (QED) is 0.449. The predicted octanol–water partition coefficient (Wildman–Crippen LogP) is 2.06. The van der Waals surface area contributed by atoms with Crippen LogP contribution in [0.25, 0.3) is 33.8 Å². The summed E-state index contributed by atoms with van der Waals surface area (Å²) in [6, 6.07) is 5.49. The van der Waals surface area contributed by atoms with Crippen LogP contribution in [-0.2, 0) is 13.1 Å². The van der Waals surface area contributed by atoms with E-state index in [1.165, 1.54) is 0 Å². The third kappa shape index (κ3) is 4.06. The molecule has 0 bridgehead atoms. The lowest BCUT2D eigenvalue weighted by molar-refractivity contribution is 0.100. The van der Waals surface area contributed by atoms with Crippen LogP contribution in [0.1, 0.15) is 29.4 Å². The first kappa shape index (κ1) is 20.7. The first-order valence-electron chi connectivity index (χ1n) is 10.3. The monoisotopic (exact) mass is 421 g/mol. The number of fused-ring (bicyclic) bond motifs is 1. The van der Waals surface area contributed by atoms with Crippen molar-refractivity contribution in [3.63, 3.8) is 0 Å². The average molecular weight is 422 g/mol. The SMILES string of the molecule is CCn1nc(C)cc1-c1nnc(-c2cc(C(N)=O)cc3c2cnn3CCCN(C)C)[nH]1. The minimum absolute atomic E-state index is 0.407. The maximum absolute atomic E-state index is 12.0. The minimum atomic E-state index is -0.497. The Morgan fingerprint density at radius 3 is 2.65 bits per heavy atom. The number of amides is 1. The van der Waals surface area contributed by atoms with Crippen LogP contribution in [0.4, 0.5) is 0 Å². The zero-order chi connectivity index (χ0) is 22.1. The van der Waals surface area contributed by atoms with Crippen LogP contribution >= 0.6 is 0 Å². The van der Waals surface area contributed by atoms with E-state index in [0.717, 1.165) is 53.9 Å². The molecule has 0 atom stereocenters. The number of hydrogen-bond donors (Lipinski definition) is 2. The molecule has 10 nitrogen and oxygen atoms in total. The molecule has 3 N–H and O–H groups in total. The number of nitrogens with zero attached hydrogens (tertiary/aromatic N) is 7. The van der Waals surface area contributed by atoms with Gasteiger partial charge in [0.05, 0.1) is 17.4 Å². The molecule has 0 radical (unpaired) electrons. The van der Waals surface area contributed by atoms with Crippen molar-refractivity contribution in [2.45, 2.75) is 33.4 Å². The summed E-state index contributed by atoms with van der Waals surface area (Å²) in [5, 5.41) is 18.6. The highest BCUT2D eigenvalue weighted by atomic mass is 16.1. The van der Waals surface area contributed by atoms with Gasteiger partial charge in [0.1, 0.15) is 5.69 Å². The van der Waals surface area contributed by atoms with Gasteiger partial charge in [0.15, 0.2) is 11.6 Å². The maximum Gasteiger partial charge on any atom is 0.248 e. The summed E-state index contributed by atoms with van der Waals surface area (Å²) in [6.07, 6.45) is 2.74. The Hall–Kier alpha value is -3.53. The van der Waals surface area contributed by atoms with Crippen LogP contribution in [-0.4, -0.2) is 66.2 Å². The average Bonchev–Trinajstić information content (AvgIpc) is 3.45. The lowest BCUT2D eigenvalue weighted by Crippen LogP contribution is -2.15. The Morgan fingerprint density at radius 1 is 1.16 bits per heavy atom. The van der Waals surface area contributed by atoms with Crippen LogP contribution in [0.5, 0.6) is 0 Å². The number of aryl methyl sites for hydroxylation is 3. The smallest absolute Gasteiger partial charge is 0.248 e. The van der Waals surface area contributed by atoms with Crippen LogP contribution in [0.3, 0.4) is 0 Å². The maximum atomic E-state index is 12.0. The highest BCUT2D eigenvalue weighted by molar-refractivity contribution is 6.02. The van der Waals surface area contributed by atoms with E-state index in [1.54, 1.807) is 18.3 Å². The van der Waals surface area contributed by atoms with E-state index in [-0.39, 0.29) is 0 Å². The fraction of sp³-hybridized carbons (Fsp3) is 0.381. The summed E-state index contributed by atoms with van der Waals surface area (Å²) in [6.45, 7) is 6.37. The summed E-state index contributed by atoms with van der Waals surface area (Å²) >= 11 is 0. The summed E-state index contributed by atoms with van der Waals surface area (Å²) in [5.74, 6) is 0.675. The molecular weight excluding hydrogens is 394 g/mol. The molecule has 3 aromatic heterocycles. The van der Waals surface area contributed by atoms with Gasteiger partial charge in [0.2, 0.25) is 5.91 Å². The van der Waals surface area contributed by atoms with E-state index in [4.69, 9.17) is 5.73 Å². The Balaban J connectivity index is 1.77. The molecule has 0 saturated carbocycles. The normalized spacial score (nSPS) is 11.6. The largest absolute Gasteiger partial charge is 0.366 e. The molecule has 0 aliphatic carbocycles. The number of H-pyrrole nitrogens is 1. The molecule has 0 fully saturated rings. The number of hydrogen-bond acceptors (Lipinski definition) is 6. The number of primary amides is 1. The number of rotatable bonds is 8. The molecule has 0 spiro atoms. The van der Waals surface area contributed by atoms with Gasteiger partial charge in [0, 0.05) is 29.6 Å². The molecule has 10 heteroatoms. The lowest BCUT2D eigenvalue weighted by atomic mass is 10.0. The van der Waals surface area contributed by atoms with E-state index in [2.05, 4.69) is 30.3 Å². The second-order valence-corrected chi connectivity index (χ2v) is 7.85. The van der Waals surface area contributed by atoms with Gasteiger partial charge in [-0.2, -0.15) is 10.2 Å². The van der Waals surface area contributed by atoms with Crippen LogP contribution in [0.15, 0.2) is 24.4 Å². The van der Waals surface area contributed by atoms with Crippen molar-refractivity contribution in [3.05, 3.63) is 35.7 Å². The molecule has 0 aliphatic heterocycles. The molecule has 4 rings (SSSR count). The van der Waals surface area contributed by atoms with Crippen molar-refractivity contribution in [1.29, 1.82) is 0 Å². The van der Waals surface area contributed by atoms with Crippen molar-refractivity contribution in [3.8, 4) is 22.9 Å². The third-order valence-electron chi connectivity index (χ3n) is 5.21. The molecular formula is C21H27N9O. The van der Waals surface area contributed by atoms with Gasteiger partial charge in [-0.1, -0.05) is 0 Å². The zero-order valence-corrected chi connectivity index (χ0v) is 18.3. The highest BCUT2D eigenvalue weighted by Crippen LogP contribution is 2.29. The highest BCUT2D eigenvalue weighted by Gasteiger charge is 2.18. The van der Waals surface area contributed by atoms with E-state index < -0.39 is 5.91 Å². The second-order valence-electron chi connectivity index (χ2n) is 7.85. The van der Waals surface area contributed by atoms with Crippen LogP contribution in [0.2, 0.25) is 0 Å². The summed E-state index contributed by atoms with van der Waals surface area (Å²) in [7, 11) is 4.08. The van der Waals surface area contributed by atoms with Gasteiger partial charge in [-0.25, -0.2) is 0 Å². The predicted molar refractivity (Wildman–Crippen MR) is 118 cm³/mol. The third-order valence-corrected chi connectivity index (χ3v) is 5.21. The van der Waals surface area contributed by atoms with Crippen molar-refractivity contribution < 1.29 is 4.79 Å². The summed E-state index contributed by atoms with van der Waals surface area (Å²) < 4.78 is 3.78. The molecule has 4 aromatic rings. The number of carbonyl (C=O) groups is 1. The van der Waals surface area contributed by atoms with Crippen molar-refractivity contribution in [1.82, 2.24) is 39.6 Å². The van der Waals surface area contributed by atoms with Crippen molar-refractivity contribution in [2.75, 3.05) is 20.6 Å². The number of nitrogens with one attached hydrogen (secondary N) is 1. The molecule has 0 aliphatic rings. The van der Waals surface area contributed by atoms with E-state index >= 15 is 0 Å². The van der Waals surface area contributed by atoms with E-state index in [9.17, 15) is 4.79 Å². The molecule has 3 heterocycles. The Kier molecular flexibility index (Phi) is 5.55.